The molecule has 0 radical (unpaired) electrons. The van der Waals surface area contributed by atoms with Crippen LogP contribution < -0.4 is 0 Å². The van der Waals surface area contributed by atoms with E-state index in [4.69, 9.17) is 19.1 Å². The summed E-state index contributed by atoms with van der Waals surface area (Å²) in [6.07, 6.45) is 14.4. The molecule has 0 bridgehead atoms. The zero-order valence-corrected chi connectivity index (χ0v) is 11.2. The second-order valence-corrected chi connectivity index (χ2v) is 17.7. The molecule has 13 heavy (non-hydrogen) atoms. The van der Waals surface area contributed by atoms with Crippen molar-refractivity contribution in [1.82, 2.24) is 0 Å². The van der Waals surface area contributed by atoms with Gasteiger partial charge in [-0.15, -0.1) is 0 Å². The van der Waals surface area contributed by atoms with E-state index >= 15 is 0 Å². The first-order chi connectivity index (χ1) is 6.21. The standard InChI is InChI=1S/2C5H5.2ClH.Re/c2*1-2-4-5-3-1;;;/h2*1-3H,4H2;2*1H;/q;;;;+2/p-2. The van der Waals surface area contributed by atoms with E-state index in [9.17, 15) is 0 Å². The molecule has 0 nitrogen and oxygen atoms in total. The van der Waals surface area contributed by atoms with E-state index < -0.39 is 13.5 Å². The topological polar surface area (TPSA) is 0 Å². The molecule has 2 aliphatic rings. The number of rotatable bonds is 2. The van der Waals surface area contributed by atoms with Gasteiger partial charge in [-0.2, -0.15) is 0 Å². The molecular weight excluding hydrogens is 377 g/mol. The maximum atomic E-state index is 6.50. The molecule has 0 fully saturated rings. The van der Waals surface area contributed by atoms with Gasteiger partial charge in [0, 0.05) is 0 Å². The predicted molar refractivity (Wildman–Crippen MR) is 55.4 cm³/mol. The molecule has 0 aliphatic heterocycles. The Hall–Kier alpha value is 0.202. The Bertz CT molecular complexity index is 303. The monoisotopic (exact) mass is 387 g/mol. The molecule has 3 heteroatoms. The normalized spacial score (nSPS) is 22.0. The first-order valence-corrected chi connectivity index (χ1v) is 13.5. The van der Waals surface area contributed by atoms with Crippen molar-refractivity contribution in [2.24, 2.45) is 0 Å². The fourth-order valence-corrected chi connectivity index (χ4v) is 9.63. The molecule has 2 rings (SSSR count). The van der Waals surface area contributed by atoms with Crippen LogP contribution in [0.4, 0.5) is 0 Å². The first-order valence-electron chi connectivity index (χ1n) is 4.10. The molecule has 0 aromatic carbocycles. The van der Waals surface area contributed by atoms with Crippen molar-refractivity contribution >= 4 is 19.1 Å². The Balaban J connectivity index is 2.20. The minimum atomic E-state index is -2.97. The molecule has 0 atom stereocenters. The Morgan fingerprint density at radius 2 is 1.38 bits per heavy atom. The third kappa shape index (κ3) is 1.85. The van der Waals surface area contributed by atoms with E-state index in [0.717, 1.165) is 12.8 Å². The van der Waals surface area contributed by atoms with Crippen molar-refractivity contribution in [2.45, 2.75) is 12.8 Å². The van der Waals surface area contributed by atoms with Crippen molar-refractivity contribution in [3.8, 4) is 0 Å². The Labute approximate surface area is 89.6 Å². The third-order valence-corrected chi connectivity index (χ3v) is 14.5. The molecule has 0 N–H and O–H groups in total. The van der Waals surface area contributed by atoms with Gasteiger partial charge in [-0.1, -0.05) is 0 Å². The van der Waals surface area contributed by atoms with Crippen LogP contribution in [0, 0.1) is 0 Å². The SMILES string of the molecule is [Cl][Re]([Cl])([C]1=CC=CC1)[C]1=CC=CC1. The fourth-order valence-electron chi connectivity index (χ4n) is 1.35. The van der Waals surface area contributed by atoms with Crippen LogP contribution in [-0.4, -0.2) is 0 Å². The molecular formula is C10H10Cl2Re. The zero-order valence-electron chi connectivity index (χ0n) is 7.01. The van der Waals surface area contributed by atoms with Crippen LogP contribution in [-0.2, 0) is 13.5 Å². The van der Waals surface area contributed by atoms with E-state index in [-0.39, 0.29) is 0 Å². The number of allylic oxidation sites excluding steroid dienone is 8. The van der Waals surface area contributed by atoms with Crippen LogP contribution in [0.5, 0.6) is 0 Å². The zero-order chi connectivity index (χ0) is 9.31. The Morgan fingerprint density at radius 3 is 1.69 bits per heavy atom. The summed E-state index contributed by atoms with van der Waals surface area (Å²) in [6.45, 7) is 0. The van der Waals surface area contributed by atoms with E-state index in [0.29, 0.717) is 0 Å². The molecule has 2 aliphatic carbocycles. The van der Waals surface area contributed by atoms with E-state index in [1.807, 2.05) is 12.2 Å². The van der Waals surface area contributed by atoms with Crippen molar-refractivity contribution in [3.05, 3.63) is 44.5 Å². The molecule has 0 heterocycles. The molecule has 71 valence electrons. The van der Waals surface area contributed by atoms with Gasteiger partial charge in [-0.3, -0.25) is 0 Å². The van der Waals surface area contributed by atoms with Crippen LogP contribution in [0.3, 0.4) is 0 Å². The van der Waals surface area contributed by atoms with Crippen molar-refractivity contribution < 1.29 is 13.5 Å². The number of halogens is 2. The van der Waals surface area contributed by atoms with Crippen LogP contribution >= 0.6 is 19.1 Å². The molecule has 0 aromatic heterocycles. The van der Waals surface area contributed by atoms with Gasteiger partial charge < -0.3 is 0 Å². The van der Waals surface area contributed by atoms with Crippen molar-refractivity contribution in [2.75, 3.05) is 0 Å². The summed E-state index contributed by atoms with van der Waals surface area (Å²) in [5.41, 5.74) is 0. The first kappa shape index (κ1) is 9.75. The van der Waals surface area contributed by atoms with Crippen molar-refractivity contribution in [3.63, 3.8) is 0 Å². The average Bonchev–Trinajstić information content (AvgIpc) is 2.78. The average molecular weight is 387 g/mol. The molecule has 0 amide bonds. The van der Waals surface area contributed by atoms with Crippen molar-refractivity contribution in [1.29, 1.82) is 0 Å². The van der Waals surface area contributed by atoms with E-state index in [2.05, 4.69) is 24.3 Å². The number of hydrogen-bond donors (Lipinski definition) is 0. The van der Waals surface area contributed by atoms with E-state index in [1.54, 1.807) is 0 Å². The molecule has 0 saturated heterocycles. The van der Waals surface area contributed by atoms with E-state index in [1.165, 1.54) is 8.09 Å². The summed E-state index contributed by atoms with van der Waals surface area (Å²) >= 11 is -2.97. The molecule has 0 unspecified atom stereocenters. The van der Waals surface area contributed by atoms with Gasteiger partial charge in [0.1, 0.15) is 0 Å². The van der Waals surface area contributed by atoms with Gasteiger partial charge in [-0.05, 0) is 0 Å². The van der Waals surface area contributed by atoms with Crippen LogP contribution in [0.15, 0.2) is 44.5 Å². The molecule has 0 aromatic rings. The van der Waals surface area contributed by atoms with Gasteiger partial charge >= 0.3 is 89.9 Å². The van der Waals surface area contributed by atoms with Gasteiger partial charge in [-0.25, -0.2) is 0 Å². The third-order valence-electron chi connectivity index (χ3n) is 2.06. The van der Waals surface area contributed by atoms with Gasteiger partial charge in [0.2, 0.25) is 0 Å². The van der Waals surface area contributed by atoms with Gasteiger partial charge in [0.15, 0.2) is 0 Å². The Morgan fingerprint density at radius 1 is 0.923 bits per heavy atom. The molecule has 0 saturated carbocycles. The number of hydrogen-bond acceptors (Lipinski definition) is 0. The summed E-state index contributed by atoms with van der Waals surface area (Å²) in [7, 11) is 13.0. The summed E-state index contributed by atoms with van der Waals surface area (Å²) in [6, 6.07) is 0. The molecule has 0 spiro atoms. The van der Waals surface area contributed by atoms with Gasteiger partial charge in [0.25, 0.3) is 0 Å². The maximum absolute atomic E-state index is 6.50. The Kier molecular flexibility index (Phi) is 2.81. The summed E-state index contributed by atoms with van der Waals surface area (Å²) in [5.74, 6) is 0. The fraction of sp³-hybridized carbons (Fsp3) is 0.200. The van der Waals surface area contributed by atoms with Crippen LogP contribution in [0.1, 0.15) is 12.8 Å². The van der Waals surface area contributed by atoms with Gasteiger partial charge in [0.05, 0.1) is 0 Å². The summed E-state index contributed by atoms with van der Waals surface area (Å²) < 4.78 is 2.55. The second kappa shape index (κ2) is 3.75. The van der Waals surface area contributed by atoms with Crippen LogP contribution in [0.25, 0.3) is 0 Å². The predicted octanol–water partition coefficient (Wildman–Crippen LogP) is 4.14. The minimum absolute atomic E-state index is 0.955. The quantitative estimate of drug-likeness (QED) is 0.668. The second-order valence-electron chi connectivity index (χ2n) is 2.93. The van der Waals surface area contributed by atoms with Crippen LogP contribution in [0.2, 0.25) is 0 Å². The summed E-state index contributed by atoms with van der Waals surface area (Å²) in [4.78, 5) is 0. The summed E-state index contributed by atoms with van der Waals surface area (Å²) in [5, 5.41) is 0.